The van der Waals surface area contributed by atoms with Crippen LogP contribution >= 0.6 is 23.2 Å². The quantitative estimate of drug-likeness (QED) is 0.713. The van der Waals surface area contributed by atoms with Gasteiger partial charge in [-0.3, -0.25) is 4.79 Å². The molecule has 2 aromatic carbocycles. The Morgan fingerprint density at radius 3 is 2.38 bits per heavy atom. The van der Waals surface area contributed by atoms with E-state index in [0.717, 1.165) is 11.1 Å². The van der Waals surface area contributed by atoms with E-state index in [1.807, 2.05) is 36.4 Å². The van der Waals surface area contributed by atoms with Gasteiger partial charge in [-0.05, 0) is 41.5 Å². The van der Waals surface area contributed by atoms with E-state index in [9.17, 15) is 4.79 Å². The van der Waals surface area contributed by atoms with Crippen molar-refractivity contribution in [2.45, 2.75) is 13.0 Å². The number of carbonyl (C=O) groups excluding carboxylic acids is 1. The Morgan fingerprint density at radius 1 is 1.10 bits per heavy atom. The number of hydrogen-bond donors (Lipinski definition) is 0. The lowest BCUT2D eigenvalue weighted by Gasteiger charge is -2.14. The Hall–Kier alpha value is -1.77. The molecule has 0 fully saturated rings. The topological polar surface area (TPSA) is 26.3 Å². The molecule has 0 N–H and O–H groups in total. The van der Waals surface area contributed by atoms with E-state index < -0.39 is 6.10 Å². The molecule has 2 nitrogen and oxygen atoms in total. The third-order valence-electron chi connectivity index (χ3n) is 2.78. The van der Waals surface area contributed by atoms with Gasteiger partial charge in [-0.2, -0.15) is 0 Å². The molecule has 0 heterocycles. The highest BCUT2D eigenvalue weighted by Gasteiger charge is 2.11. The predicted octanol–water partition coefficient (Wildman–Crippen LogP) is 5.31. The molecule has 0 amide bonds. The standard InChI is InChI=1S/C17H14Cl2O2/c1-12(20)21-17(14-5-3-7-16(19)11-14)9-8-13-4-2-6-15(18)10-13/h2-11,17H,1H3/b9-8+. The highest BCUT2D eigenvalue weighted by Crippen LogP contribution is 2.24. The average Bonchev–Trinajstić information content (AvgIpc) is 2.43. The monoisotopic (exact) mass is 320 g/mol. The molecule has 0 radical (unpaired) electrons. The number of ether oxygens (including phenoxy) is 1. The summed E-state index contributed by atoms with van der Waals surface area (Å²) in [5.41, 5.74) is 1.75. The van der Waals surface area contributed by atoms with Gasteiger partial charge in [-0.15, -0.1) is 0 Å². The van der Waals surface area contributed by atoms with E-state index >= 15 is 0 Å². The normalized spacial score (nSPS) is 12.3. The fraction of sp³-hybridized carbons (Fsp3) is 0.118. The minimum atomic E-state index is -0.486. The Labute approximate surface area is 134 Å². The Kier molecular flexibility index (Phi) is 5.43. The van der Waals surface area contributed by atoms with Gasteiger partial charge in [-0.25, -0.2) is 0 Å². The number of esters is 1. The molecule has 1 unspecified atom stereocenters. The van der Waals surface area contributed by atoms with Crippen LogP contribution in [0.2, 0.25) is 10.0 Å². The summed E-state index contributed by atoms with van der Waals surface area (Å²) in [5.74, 6) is -0.351. The van der Waals surface area contributed by atoms with E-state index in [0.29, 0.717) is 10.0 Å². The maximum atomic E-state index is 11.3. The first kappa shape index (κ1) is 15.6. The molecule has 2 rings (SSSR count). The first-order valence-corrected chi connectivity index (χ1v) is 7.16. The fourth-order valence-corrected chi connectivity index (χ4v) is 2.29. The summed E-state index contributed by atoms with van der Waals surface area (Å²) >= 11 is 11.9. The highest BCUT2D eigenvalue weighted by molar-refractivity contribution is 6.31. The van der Waals surface area contributed by atoms with E-state index in [1.54, 1.807) is 24.3 Å². The van der Waals surface area contributed by atoms with Crippen LogP contribution < -0.4 is 0 Å². The van der Waals surface area contributed by atoms with Crippen LogP contribution in [0.4, 0.5) is 0 Å². The fourth-order valence-electron chi connectivity index (χ4n) is 1.89. The molecule has 0 aliphatic heterocycles. The maximum absolute atomic E-state index is 11.3. The second kappa shape index (κ2) is 7.30. The van der Waals surface area contributed by atoms with Gasteiger partial charge in [0.1, 0.15) is 6.10 Å². The molecule has 0 aromatic heterocycles. The van der Waals surface area contributed by atoms with Crippen molar-refractivity contribution in [2.24, 2.45) is 0 Å². The molecule has 0 saturated heterocycles. The van der Waals surface area contributed by atoms with E-state index in [4.69, 9.17) is 27.9 Å². The number of benzene rings is 2. The summed E-state index contributed by atoms with van der Waals surface area (Å²) in [7, 11) is 0. The van der Waals surface area contributed by atoms with Crippen molar-refractivity contribution >= 4 is 35.2 Å². The largest absolute Gasteiger partial charge is 0.453 e. The zero-order valence-corrected chi connectivity index (χ0v) is 12.9. The van der Waals surface area contributed by atoms with Crippen molar-refractivity contribution in [3.63, 3.8) is 0 Å². The number of carbonyl (C=O) groups is 1. The summed E-state index contributed by atoms with van der Waals surface area (Å²) < 4.78 is 5.33. The van der Waals surface area contributed by atoms with Crippen molar-refractivity contribution in [3.8, 4) is 0 Å². The minimum Gasteiger partial charge on any atom is -0.453 e. The third-order valence-corrected chi connectivity index (χ3v) is 3.25. The van der Waals surface area contributed by atoms with E-state index in [2.05, 4.69) is 0 Å². The first-order chi connectivity index (χ1) is 10.0. The van der Waals surface area contributed by atoms with E-state index in [-0.39, 0.29) is 5.97 Å². The predicted molar refractivity (Wildman–Crippen MR) is 86.4 cm³/mol. The molecule has 0 aliphatic rings. The van der Waals surface area contributed by atoms with Gasteiger partial charge >= 0.3 is 5.97 Å². The van der Waals surface area contributed by atoms with Crippen molar-refractivity contribution in [2.75, 3.05) is 0 Å². The summed E-state index contributed by atoms with van der Waals surface area (Å²) in [6.45, 7) is 1.38. The molecule has 2 aromatic rings. The number of halogens is 2. The Balaban J connectivity index is 2.26. The zero-order valence-electron chi connectivity index (χ0n) is 11.4. The van der Waals surface area contributed by atoms with Crippen molar-refractivity contribution < 1.29 is 9.53 Å². The molecule has 0 bridgehead atoms. The average molecular weight is 321 g/mol. The molecule has 4 heteroatoms. The van der Waals surface area contributed by atoms with Crippen LogP contribution in [-0.4, -0.2) is 5.97 Å². The lowest BCUT2D eigenvalue weighted by Crippen LogP contribution is -2.06. The summed E-state index contributed by atoms with van der Waals surface area (Å²) in [6, 6.07) is 14.7. The molecule has 108 valence electrons. The van der Waals surface area contributed by atoms with Gasteiger partial charge in [-0.1, -0.05) is 53.5 Å². The van der Waals surface area contributed by atoms with Crippen LogP contribution in [0.1, 0.15) is 24.2 Å². The lowest BCUT2D eigenvalue weighted by atomic mass is 10.1. The molecule has 0 saturated carbocycles. The molecule has 1 atom stereocenters. The van der Waals surface area contributed by atoms with Crippen molar-refractivity contribution in [3.05, 3.63) is 75.8 Å². The van der Waals surface area contributed by atoms with Gasteiger partial charge in [0.25, 0.3) is 0 Å². The van der Waals surface area contributed by atoms with Gasteiger partial charge in [0, 0.05) is 17.0 Å². The van der Waals surface area contributed by atoms with Crippen LogP contribution in [0.5, 0.6) is 0 Å². The molecule has 21 heavy (non-hydrogen) atoms. The summed E-state index contributed by atoms with van der Waals surface area (Å²) in [6.07, 6.45) is 3.18. The van der Waals surface area contributed by atoms with Crippen LogP contribution in [0.15, 0.2) is 54.6 Å². The summed E-state index contributed by atoms with van der Waals surface area (Å²) in [4.78, 5) is 11.3. The third kappa shape index (κ3) is 4.92. The van der Waals surface area contributed by atoms with Crippen molar-refractivity contribution in [1.29, 1.82) is 0 Å². The molecular weight excluding hydrogens is 307 g/mol. The summed E-state index contributed by atoms with van der Waals surface area (Å²) in [5, 5.41) is 1.25. The van der Waals surface area contributed by atoms with Gasteiger partial charge in [0.05, 0.1) is 0 Å². The number of rotatable bonds is 4. The van der Waals surface area contributed by atoms with Crippen molar-refractivity contribution in [1.82, 2.24) is 0 Å². The zero-order chi connectivity index (χ0) is 15.2. The smallest absolute Gasteiger partial charge is 0.303 e. The second-order valence-electron chi connectivity index (χ2n) is 4.50. The van der Waals surface area contributed by atoms with Gasteiger partial charge < -0.3 is 4.74 Å². The van der Waals surface area contributed by atoms with Crippen LogP contribution in [0.25, 0.3) is 6.08 Å². The maximum Gasteiger partial charge on any atom is 0.303 e. The first-order valence-electron chi connectivity index (χ1n) is 6.41. The minimum absolute atomic E-state index is 0.351. The molecular formula is C17H14Cl2O2. The molecule has 0 spiro atoms. The molecule has 0 aliphatic carbocycles. The SMILES string of the molecule is CC(=O)OC(/C=C/c1cccc(Cl)c1)c1cccc(Cl)c1. The highest BCUT2D eigenvalue weighted by atomic mass is 35.5. The van der Waals surface area contributed by atoms with Gasteiger partial charge in [0.2, 0.25) is 0 Å². The van der Waals surface area contributed by atoms with Crippen LogP contribution in [0.3, 0.4) is 0 Å². The van der Waals surface area contributed by atoms with Gasteiger partial charge in [0.15, 0.2) is 0 Å². The lowest BCUT2D eigenvalue weighted by molar-refractivity contribution is -0.144. The van der Waals surface area contributed by atoms with Crippen LogP contribution in [-0.2, 0) is 9.53 Å². The Morgan fingerprint density at radius 2 is 1.76 bits per heavy atom. The van der Waals surface area contributed by atoms with Crippen LogP contribution in [0, 0.1) is 0 Å². The number of hydrogen-bond acceptors (Lipinski definition) is 2. The Bertz CT molecular complexity index is 665. The van der Waals surface area contributed by atoms with E-state index in [1.165, 1.54) is 6.92 Å². The second-order valence-corrected chi connectivity index (χ2v) is 5.37.